The van der Waals surface area contributed by atoms with Crippen molar-refractivity contribution in [2.24, 2.45) is 0 Å². The molecule has 0 saturated heterocycles. The van der Waals surface area contributed by atoms with E-state index in [1.165, 1.54) is 0 Å². The Morgan fingerprint density at radius 3 is 2.80 bits per heavy atom. The summed E-state index contributed by atoms with van der Waals surface area (Å²) in [5.74, 6) is 1.21. The van der Waals surface area contributed by atoms with Gasteiger partial charge < -0.3 is 14.6 Å². The molecule has 1 amide bonds. The van der Waals surface area contributed by atoms with Crippen molar-refractivity contribution in [1.29, 1.82) is 0 Å². The Balaban J connectivity index is 1.23. The highest BCUT2D eigenvalue weighted by Gasteiger charge is 2.08. The Labute approximate surface area is 173 Å². The van der Waals surface area contributed by atoms with Crippen LogP contribution in [0.5, 0.6) is 5.75 Å². The predicted molar refractivity (Wildman–Crippen MR) is 111 cm³/mol. The van der Waals surface area contributed by atoms with Crippen LogP contribution in [0.3, 0.4) is 0 Å². The van der Waals surface area contributed by atoms with Crippen molar-refractivity contribution < 1.29 is 9.53 Å². The van der Waals surface area contributed by atoms with Crippen LogP contribution in [0.1, 0.15) is 29.5 Å². The third kappa shape index (κ3) is 4.45. The number of rotatable bonds is 9. The zero-order valence-corrected chi connectivity index (χ0v) is 16.7. The van der Waals surface area contributed by atoms with Gasteiger partial charge in [0.05, 0.1) is 17.4 Å². The van der Waals surface area contributed by atoms with Crippen LogP contribution >= 0.6 is 0 Å². The van der Waals surface area contributed by atoms with Crippen LogP contribution in [0, 0.1) is 0 Å². The Kier molecular flexibility index (Phi) is 5.98. The number of aryl methyl sites for hydroxylation is 2. The Morgan fingerprint density at radius 2 is 1.97 bits per heavy atom. The molecule has 0 atom stereocenters. The number of ether oxygens (including phenoxy) is 1. The molecule has 0 spiro atoms. The van der Waals surface area contributed by atoms with Crippen LogP contribution in [0.15, 0.2) is 54.9 Å². The number of amides is 1. The van der Waals surface area contributed by atoms with Crippen LogP contribution in [0.4, 0.5) is 0 Å². The highest BCUT2D eigenvalue weighted by molar-refractivity contribution is 5.94. The molecule has 0 saturated carbocycles. The second kappa shape index (κ2) is 9.17. The first-order chi connectivity index (χ1) is 14.7. The van der Waals surface area contributed by atoms with Crippen molar-refractivity contribution in [2.45, 2.75) is 33.0 Å². The van der Waals surface area contributed by atoms with Gasteiger partial charge >= 0.3 is 0 Å². The molecule has 4 rings (SSSR count). The molecule has 0 aliphatic rings. The molecule has 2 aromatic heterocycles. The summed E-state index contributed by atoms with van der Waals surface area (Å²) in [6.45, 7) is 4.30. The number of para-hydroxylation sites is 2. The molecule has 1 N–H and O–H groups in total. The second-order valence-corrected chi connectivity index (χ2v) is 6.76. The summed E-state index contributed by atoms with van der Waals surface area (Å²) < 4.78 is 9.47. The molecule has 4 aromatic rings. The van der Waals surface area contributed by atoms with Crippen LogP contribution in [0.25, 0.3) is 11.0 Å². The van der Waals surface area contributed by atoms with Crippen molar-refractivity contribution in [3.63, 3.8) is 0 Å². The monoisotopic (exact) mass is 405 g/mol. The molecule has 0 aliphatic heterocycles. The van der Waals surface area contributed by atoms with Crippen LogP contribution in [-0.2, 0) is 19.7 Å². The second-order valence-electron chi connectivity index (χ2n) is 6.76. The predicted octanol–water partition coefficient (Wildman–Crippen LogP) is 2.44. The fourth-order valence-corrected chi connectivity index (χ4v) is 3.16. The number of carbonyl (C=O) groups excluding carboxylic acids is 1. The van der Waals surface area contributed by atoms with Crippen molar-refractivity contribution in [3.8, 4) is 5.75 Å². The lowest BCUT2D eigenvalue weighted by Crippen LogP contribution is -2.25. The fraction of sp³-hybridized carbons (Fsp3) is 0.286. The maximum absolute atomic E-state index is 12.4. The first-order valence-corrected chi connectivity index (χ1v) is 9.90. The van der Waals surface area contributed by atoms with Gasteiger partial charge in [0.25, 0.3) is 5.91 Å². The number of carbonyl (C=O) groups is 1. The van der Waals surface area contributed by atoms with Gasteiger partial charge in [-0.25, -0.2) is 9.67 Å². The van der Waals surface area contributed by atoms with Gasteiger partial charge in [-0.05, 0) is 60.2 Å². The molecular weight excluding hydrogens is 382 g/mol. The summed E-state index contributed by atoms with van der Waals surface area (Å²) in [5.41, 5.74) is 2.68. The van der Waals surface area contributed by atoms with E-state index in [9.17, 15) is 4.79 Å². The van der Waals surface area contributed by atoms with E-state index in [2.05, 4.69) is 30.4 Å². The van der Waals surface area contributed by atoms with E-state index in [1.807, 2.05) is 37.5 Å². The van der Waals surface area contributed by atoms with E-state index in [4.69, 9.17) is 4.74 Å². The Morgan fingerprint density at radius 1 is 1.13 bits per heavy atom. The zero-order chi connectivity index (χ0) is 20.8. The Hall–Kier alpha value is -3.75. The molecule has 2 aromatic carbocycles. The first-order valence-electron chi connectivity index (χ1n) is 9.90. The lowest BCUT2D eigenvalue weighted by Gasteiger charge is -2.08. The number of aromatic nitrogens is 6. The average Bonchev–Trinajstić information content (AvgIpc) is 3.42. The summed E-state index contributed by atoms with van der Waals surface area (Å²) in [6.07, 6.45) is 2.66. The number of hydrogen-bond donors (Lipinski definition) is 1. The number of tetrazole rings is 1. The van der Waals surface area contributed by atoms with Crippen LogP contribution in [-0.4, -0.2) is 42.2 Å². The van der Waals surface area contributed by atoms with Crippen LogP contribution < -0.4 is 10.1 Å². The summed E-state index contributed by atoms with van der Waals surface area (Å²) in [4.78, 5) is 16.7. The van der Waals surface area contributed by atoms with Crippen LogP contribution in [0.2, 0.25) is 0 Å². The van der Waals surface area contributed by atoms with Gasteiger partial charge in [0, 0.05) is 25.2 Å². The van der Waals surface area contributed by atoms with Gasteiger partial charge in [-0.15, -0.1) is 5.10 Å². The molecule has 0 aliphatic carbocycles. The molecule has 154 valence electrons. The maximum atomic E-state index is 12.4. The molecule has 9 nitrogen and oxygen atoms in total. The summed E-state index contributed by atoms with van der Waals surface area (Å²) in [5, 5.41) is 14.4. The third-order valence-corrected chi connectivity index (χ3v) is 4.78. The van der Waals surface area contributed by atoms with Gasteiger partial charge in [-0.3, -0.25) is 4.79 Å². The number of imidazole rings is 1. The van der Waals surface area contributed by atoms with Crippen molar-refractivity contribution in [3.05, 3.63) is 66.2 Å². The van der Waals surface area contributed by atoms with Gasteiger partial charge in [0.2, 0.25) is 0 Å². The maximum Gasteiger partial charge on any atom is 0.251 e. The van der Waals surface area contributed by atoms with Crippen molar-refractivity contribution >= 4 is 16.9 Å². The fourth-order valence-electron chi connectivity index (χ4n) is 3.16. The number of benzene rings is 2. The highest BCUT2D eigenvalue weighted by Crippen LogP contribution is 2.14. The van der Waals surface area contributed by atoms with E-state index >= 15 is 0 Å². The van der Waals surface area contributed by atoms with E-state index in [-0.39, 0.29) is 12.5 Å². The number of fused-ring (bicyclic) bond motifs is 1. The largest absolute Gasteiger partial charge is 0.486 e. The van der Waals surface area contributed by atoms with E-state index in [1.54, 1.807) is 28.9 Å². The number of hydrogen-bond acceptors (Lipinski definition) is 6. The molecule has 0 bridgehead atoms. The SMILES string of the molecule is CCn1nnnc1COc1ccc(C(=O)NCCCn2cnc3ccccc32)cc1. The van der Waals surface area contributed by atoms with Gasteiger partial charge in [0.15, 0.2) is 5.82 Å². The number of nitrogens with zero attached hydrogens (tertiary/aromatic N) is 6. The molecule has 0 fully saturated rings. The molecular formula is C21H23N7O2. The van der Waals surface area contributed by atoms with Crippen molar-refractivity contribution in [2.75, 3.05) is 6.54 Å². The lowest BCUT2D eigenvalue weighted by molar-refractivity contribution is 0.0952. The molecule has 9 heteroatoms. The summed E-state index contributed by atoms with van der Waals surface area (Å²) in [6, 6.07) is 15.1. The standard InChI is InChI=1S/C21H23N7O2/c1-2-28-20(24-25-26-28)14-30-17-10-8-16(9-11-17)21(29)22-12-5-13-27-15-23-18-6-3-4-7-19(18)27/h3-4,6-11,15H,2,5,12-14H2,1H3,(H,22,29). The quantitative estimate of drug-likeness (QED) is 0.429. The smallest absolute Gasteiger partial charge is 0.251 e. The zero-order valence-electron chi connectivity index (χ0n) is 16.7. The van der Waals surface area contributed by atoms with Gasteiger partial charge in [-0.2, -0.15) is 0 Å². The molecule has 0 radical (unpaired) electrons. The summed E-state index contributed by atoms with van der Waals surface area (Å²) >= 11 is 0. The lowest BCUT2D eigenvalue weighted by atomic mass is 10.2. The summed E-state index contributed by atoms with van der Waals surface area (Å²) in [7, 11) is 0. The topological polar surface area (TPSA) is 99.8 Å². The molecule has 30 heavy (non-hydrogen) atoms. The van der Waals surface area contributed by atoms with Gasteiger partial charge in [0.1, 0.15) is 12.4 Å². The van der Waals surface area contributed by atoms with E-state index in [0.29, 0.717) is 30.2 Å². The minimum Gasteiger partial charge on any atom is -0.486 e. The van der Waals surface area contributed by atoms with E-state index in [0.717, 1.165) is 24.0 Å². The van der Waals surface area contributed by atoms with E-state index < -0.39 is 0 Å². The molecule has 0 unspecified atom stereocenters. The third-order valence-electron chi connectivity index (χ3n) is 4.78. The van der Waals surface area contributed by atoms with Crippen molar-refractivity contribution in [1.82, 2.24) is 35.1 Å². The minimum absolute atomic E-state index is 0.105. The average molecular weight is 405 g/mol. The van der Waals surface area contributed by atoms with Gasteiger partial charge in [-0.1, -0.05) is 12.1 Å². The first kappa shape index (κ1) is 19.6. The normalized spacial score (nSPS) is 11.0. The minimum atomic E-state index is -0.105. The highest BCUT2D eigenvalue weighted by atomic mass is 16.5. The number of nitrogens with one attached hydrogen (secondary N) is 1. The Bertz CT molecular complexity index is 1120. The molecule has 2 heterocycles.